The fourth-order valence-electron chi connectivity index (χ4n) is 2.76. The maximum Gasteiger partial charge on any atom is 0.407 e. The molecule has 1 heterocycles. The molecule has 130 valence electrons. The molecule has 1 fully saturated rings. The van der Waals surface area contributed by atoms with Gasteiger partial charge in [-0.05, 0) is 40.0 Å². The molecule has 1 aromatic heterocycles. The minimum Gasteiger partial charge on any atom is -0.444 e. The number of nitrogens with one attached hydrogen (secondary N) is 1. The van der Waals surface area contributed by atoms with E-state index < -0.39 is 11.7 Å². The number of amides is 1. The molecule has 7 nitrogen and oxygen atoms in total. The van der Waals surface area contributed by atoms with Gasteiger partial charge in [0.15, 0.2) is 5.82 Å². The molecule has 2 rings (SSSR count). The maximum atomic E-state index is 12.1. The monoisotopic (exact) mass is 324 g/mol. The van der Waals surface area contributed by atoms with E-state index in [1.807, 2.05) is 34.6 Å². The molecule has 2 N–H and O–H groups in total. The van der Waals surface area contributed by atoms with Gasteiger partial charge in [-0.15, -0.1) is 0 Å². The van der Waals surface area contributed by atoms with E-state index in [0.29, 0.717) is 19.3 Å². The van der Waals surface area contributed by atoms with Crippen molar-refractivity contribution in [2.45, 2.75) is 83.6 Å². The van der Waals surface area contributed by atoms with E-state index in [-0.39, 0.29) is 24.1 Å². The summed E-state index contributed by atoms with van der Waals surface area (Å²) < 4.78 is 7.10. The molecule has 0 radical (unpaired) electrons. The van der Waals surface area contributed by atoms with E-state index in [1.54, 1.807) is 11.0 Å². The van der Waals surface area contributed by atoms with Crippen LogP contribution in [-0.2, 0) is 4.74 Å². The van der Waals surface area contributed by atoms with Gasteiger partial charge in [-0.3, -0.25) is 0 Å². The normalized spacial score (nSPS) is 25.4. The Morgan fingerprint density at radius 2 is 2.13 bits per heavy atom. The summed E-state index contributed by atoms with van der Waals surface area (Å²) in [5.41, 5.74) is -0.536. The number of carbonyl (C=O) groups excluding carboxylic acids is 1. The number of aliphatic hydroxyl groups excluding tert-OH is 1. The third-order valence-corrected chi connectivity index (χ3v) is 3.87. The van der Waals surface area contributed by atoms with Crippen LogP contribution in [0.5, 0.6) is 0 Å². The van der Waals surface area contributed by atoms with E-state index in [0.717, 1.165) is 5.82 Å². The largest absolute Gasteiger partial charge is 0.444 e. The summed E-state index contributed by atoms with van der Waals surface area (Å²) in [6, 6.07) is -0.249. The van der Waals surface area contributed by atoms with Crippen molar-refractivity contribution in [2.24, 2.45) is 0 Å². The molecule has 3 unspecified atom stereocenters. The number of carbonyl (C=O) groups is 1. The van der Waals surface area contributed by atoms with Crippen molar-refractivity contribution in [3.8, 4) is 0 Å². The van der Waals surface area contributed by atoms with Crippen LogP contribution in [0.15, 0.2) is 6.33 Å². The highest BCUT2D eigenvalue weighted by Crippen LogP contribution is 2.29. The third-order valence-electron chi connectivity index (χ3n) is 3.87. The average Bonchev–Trinajstić information content (AvgIpc) is 2.88. The van der Waals surface area contributed by atoms with Crippen LogP contribution in [0.2, 0.25) is 0 Å². The van der Waals surface area contributed by atoms with Crippen molar-refractivity contribution >= 4 is 6.09 Å². The zero-order chi connectivity index (χ0) is 17.2. The van der Waals surface area contributed by atoms with Crippen molar-refractivity contribution in [1.29, 1.82) is 0 Å². The molecule has 1 amide bonds. The van der Waals surface area contributed by atoms with Gasteiger partial charge in [0, 0.05) is 5.92 Å². The molecule has 1 saturated carbocycles. The first-order valence-electron chi connectivity index (χ1n) is 8.24. The Bertz CT molecular complexity index is 536. The Kier molecular flexibility index (Phi) is 5.29. The second-order valence-corrected chi connectivity index (χ2v) is 7.52. The number of rotatable bonds is 3. The molecule has 3 atom stereocenters. The van der Waals surface area contributed by atoms with Crippen LogP contribution in [0, 0.1) is 0 Å². The summed E-state index contributed by atoms with van der Waals surface area (Å²) in [5.74, 6) is 1.00. The minimum absolute atomic E-state index is 0.119. The Hall–Kier alpha value is -1.63. The summed E-state index contributed by atoms with van der Waals surface area (Å²) in [6.07, 6.45) is 2.74. The van der Waals surface area contributed by atoms with Crippen LogP contribution in [0.4, 0.5) is 4.79 Å². The van der Waals surface area contributed by atoms with E-state index in [4.69, 9.17) is 4.74 Å². The van der Waals surface area contributed by atoms with Crippen LogP contribution in [0.3, 0.4) is 0 Å². The molecule has 0 bridgehead atoms. The summed E-state index contributed by atoms with van der Waals surface area (Å²) >= 11 is 0. The first kappa shape index (κ1) is 17.7. The summed E-state index contributed by atoms with van der Waals surface area (Å²) in [5, 5.41) is 17.4. The van der Waals surface area contributed by atoms with Gasteiger partial charge in [-0.25, -0.2) is 14.5 Å². The summed E-state index contributed by atoms with van der Waals surface area (Å²) in [7, 11) is 0. The molecule has 1 aliphatic rings. The molecule has 23 heavy (non-hydrogen) atoms. The van der Waals surface area contributed by atoms with Crippen molar-refractivity contribution in [2.75, 3.05) is 0 Å². The quantitative estimate of drug-likeness (QED) is 0.891. The highest BCUT2D eigenvalue weighted by molar-refractivity contribution is 5.68. The molecule has 7 heteroatoms. The smallest absolute Gasteiger partial charge is 0.407 e. The average molecular weight is 324 g/mol. The fraction of sp³-hybridized carbons (Fsp3) is 0.812. The number of hydrogen-bond acceptors (Lipinski definition) is 5. The highest BCUT2D eigenvalue weighted by Gasteiger charge is 2.34. The standard InChI is InChI=1S/C16H28N4O3/c1-10(2)14-17-9-20(19-14)13-8-11(21)6-7-12(13)18-15(22)23-16(3,4)5/h9-13,21H,6-8H2,1-5H3,(H,18,22). The van der Waals surface area contributed by atoms with Gasteiger partial charge in [-0.1, -0.05) is 13.8 Å². The van der Waals surface area contributed by atoms with Crippen LogP contribution in [0.25, 0.3) is 0 Å². The Balaban J connectivity index is 2.10. The molecule has 0 spiro atoms. The van der Waals surface area contributed by atoms with E-state index >= 15 is 0 Å². The summed E-state index contributed by atoms with van der Waals surface area (Å²) in [6.45, 7) is 9.57. The number of hydrogen-bond donors (Lipinski definition) is 2. The van der Waals surface area contributed by atoms with Crippen molar-refractivity contribution in [1.82, 2.24) is 20.1 Å². The van der Waals surface area contributed by atoms with E-state index in [1.165, 1.54) is 0 Å². The molecular weight excluding hydrogens is 296 g/mol. The SMILES string of the molecule is CC(C)c1ncn(C2CC(O)CCC2NC(=O)OC(C)(C)C)n1. The third kappa shape index (κ3) is 4.92. The van der Waals surface area contributed by atoms with Crippen molar-refractivity contribution < 1.29 is 14.6 Å². The molecule has 0 saturated heterocycles. The number of nitrogens with zero attached hydrogens (tertiary/aromatic N) is 3. The van der Waals surface area contributed by atoms with Crippen molar-refractivity contribution in [3.05, 3.63) is 12.2 Å². The topological polar surface area (TPSA) is 89.3 Å². The van der Waals surface area contributed by atoms with Crippen LogP contribution >= 0.6 is 0 Å². The first-order chi connectivity index (χ1) is 10.7. The van der Waals surface area contributed by atoms with Gasteiger partial charge < -0.3 is 15.2 Å². The van der Waals surface area contributed by atoms with Crippen LogP contribution in [0.1, 0.15) is 71.7 Å². The Labute approximate surface area is 137 Å². The van der Waals surface area contributed by atoms with Crippen LogP contribution < -0.4 is 5.32 Å². The van der Waals surface area contributed by atoms with Gasteiger partial charge in [0.05, 0.1) is 18.2 Å². The van der Waals surface area contributed by atoms with Gasteiger partial charge in [0.2, 0.25) is 0 Å². The highest BCUT2D eigenvalue weighted by atomic mass is 16.6. The second-order valence-electron chi connectivity index (χ2n) is 7.52. The second kappa shape index (κ2) is 6.86. The lowest BCUT2D eigenvalue weighted by molar-refractivity contribution is 0.0386. The zero-order valence-corrected chi connectivity index (χ0v) is 14.6. The zero-order valence-electron chi connectivity index (χ0n) is 14.6. The van der Waals surface area contributed by atoms with Crippen LogP contribution in [-0.4, -0.2) is 43.7 Å². The fourth-order valence-corrected chi connectivity index (χ4v) is 2.76. The lowest BCUT2D eigenvalue weighted by Gasteiger charge is -2.34. The predicted octanol–water partition coefficient (Wildman–Crippen LogP) is 2.38. The Morgan fingerprint density at radius 3 is 2.70 bits per heavy atom. The molecule has 1 aromatic rings. The van der Waals surface area contributed by atoms with E-state index in [9.17, 15) is 9.90 Å². The lowest BCUT2D eigenvalue weighted by atomic mass is 9.88. The number of alkyl carbamates (subject to hydrolysis) is 1. The minimum atomic E-state index is -0.536. The molecular formula is C16H28N4O3. The summed E-state index contributed by atoms with van der Waals surface area (Å²) in [4.78, 5) is 16.4. The van der Waals surface area contributed by atoms with Gasteiger partial charge >= 0.3 is 6.09 Å². The van der Waals surface area contributed by atoms with E-state index in [2.05, 4.69) is 15.4 Å². The Morgan fingerprint density at radius 1 is 1.43 bits per heavy atom. The van der Waals surface area contributed by atoms with Gasteiger partial charge in [0.25, 0.3) is 0 Å². The predicted molar refractivity (Wildman–Crippen MR) is 86.2 cm³/mol. The lowest BCUT2D eigenvalue weighted by Crippen LogP contribution is -2.47. The van der Waals surface area contributed by atoms with Crippen molar-refractivity contribution in [3.63, 3.8) is 0 Å². The first-order valence-corrected chi connectivity index (χ1v) is 8.24. The van der Waals surface area contributed by atoms with Gasteiger partial charge in [-0.2, -0.15) is 5.10 Å². The molecule has 0 aliphatic heterocycles. The molecule has 0 aromatic carbocycles. The molecule has 1 aliphatic carbocycles. The number of aliphatic hydroxyl groups is 1. The van der Waals surface area contributed by atoms with Gasteiger partial charge in [0.1, 0.15) is 11.9 Å². The number of ether oxygens (including phenoxy) is 1. The number of aromatic nitrogens is 3. The maximum absolute atomic E-state index is 12.1.